The molecule has 0 fully saturated rings. The Labute approximate surface area is 155 Å². The Morgan fingerprint density at radius 3 is 2.16 bits per heavy atom. The summed E-state index contributed by atoms with van der Waals surface area (Å²) in [6.07, 6.45) is 0. The van der Waals surface area contributed by atoms with Gasteiger partial charge in [-0.2, -0.15) is 0 Å². The van der Waals surface area contributed by atoms with Gasteiger partial charge in [-0.3, -0.25) is 4.90 Å². The number of benzene rings is 2. The average Bonchev–Trinajstić information content (AvgIpc) is 2.55. The first-order chi connectivity index (χ1) is 11.7. The number of ether oxygens (including phenoxy) is 1. The van der Waals surface area contributed by atoms with Gasteiger partial charge in [-0.1, -0.05) is 24.3 Å². The zero-order valence-electron chi connectivity index (χ0n) is 13.5. The molecule has 0 spiro atoms. The lowest BCUT2D eigenvalue weighted by Crippen LogP contribution is -2.38. The van der Waals surface area contributed by atoms with Crippen LogP contribution in [0, 0.1) is 0 Å². The number of hydrogen-bond donors (Lipinski definition) is 1. The van der Waals surface area contributed by atoms with Crippen LogP contribution in [0.2, 0.25) is 0 Å². The molecule has 2 amide bonds. The van der Waals surface area contributed by atoms with Crippen LogP contribution in [0.25, 0.3) is 0 Å². The third-order valence-corrected chi connectivity index (χ3v) is 3.60. The molecular formula is C17H16Cl2N2O4. The highest BCUT2D eigenvalue weighted by Gasteiger charge is 2.30. The number of nitrogens with zero attached hydrogens (tertiary/aromatic N) is 2. The lowest BCUT2D eigenvalue weighted by atomic mass is 10.1. The Balaban J connectivity index is 2.44. The fourth-order valence-corrected chi connectivity index (χ4v) is 2.20. The maximum atomic E-state index is 12.4. The zero-order chi connectivity index (χ0) is 18.6. The highest BCUT2D eigenvalue weighted by molar-refractivity contribution is 6.43. The number of rotatable bonds is 5. The second-order valence-electron chi connectivity index (χ2n) is 5.60. The predicted octanol–water partition coefficient (Wildman–Crippen LogP) is 4.80. The van der Waals surface area contributed by atoms with Crippen LogP contribution in [-0.2, 0) is 4.79 Å². The third kappa shape index (κ3) is 4.55. The second-order valence-corrected chi connectivity index (χ2v) is 6.45. The number of carbonyl (C=O) groups is 2. The van der Waals surface area contributed by atoms with Gasteiger partial charge in [-0.05, 0) is 38.1 Å². The maximum absolute atomic E-state index is 12.4. The molecule has 0 saturated heterocycles. The fraction of sp³-hybridized carbons (Fsp3) is 0.176. The van der Waals surface area contributed by atoms with E-state index in [1.807, 2.05) is 0 Å². The van der Waals surface area contributed by atoms with Crippen molar-refractivity contribution in [2.24, 2.45) is 0 Å². The smallest absolute Gasteiger partial charge is 0.359 e. The topological polar surface area (TPSA) is 70.1 Å². The van der Waals surface area contributed by atoms with Gasteiger partial charge >= 0.3 is 12.0 Å². The summed E-state index contributed by atoms with van der Waals surface area (Å²) >= 11 is 11.2. The molecule has 2 aromatic carbocycles. The average molecular weight is 383 g/mol. The highest BCUT2D eigenvalue weighted by Crippen LogP contribution is 2.31. The summed E-state index contributed by atoms with van der Waals surface area (Å²) in [4.78, 5) is 24.9. The summed E-state index contributed by atoms with van der Waals surface area (Å²) in [7, 11) is 0. The minimum atomic E-state index is -1.43. The van der Waals surface area contributed by atoms with Crippen LogP contribution in [-0.4, -0.2) is 26.6 Å². The number of anilines is 2. The lowest BCUT2D eigenvalue weighted by molar-refractivity contribution is -0.152. The molecular weight excluding hydrogens is 367 g/mol. The number of amides is 2. The van der Waals surface area contributed by atoms with Crippen LogP contribution in [0.15, 0.2) is 54.6 Å². The molecule has 8 heteroatoms. The molecule has 0 aromatic heterocycles. The van der Waals surface area contributed by atoms with E-state index in [-0.39, 0.29) is 5.75 Å². The summed E-state index contributed by atoms with van der Waals surface area (Å²) in [6.45, 7) is 2.86. The van der Waals surface area contributed by atoms with Gasteiger partial charge < -0.3 is 9.84 Å². The number of urea groups is 1. The van der Waals surface area contributed by atoms with Crippen molar-refractivity contribution in [3.8, 4) is 5.75 Å². The van der Waals surface area contributed by atoms with Crippen LogP contribution in [0.5, 0.6) is 5.75 Å². The Kier molecular flexibility index (Phi) is 5.77. The van der Waals surface area contributed by atoms with Gasteiger partial charge in [0.15, 0.2) is 5.60 Å². The van der Waals surface area contributed by atoms with E-state index in [1.54, 1.807) is 48.5 Å². The molecule has 0 radical (unpaired) electrons. The molecule has 132 valence electrons. The first-order valence-electron chi connectivity index (χ1n) is 7.25. The molecule has 0 unspecified atom stereocenters. The Hall–Kier alpha value is -2.44. The predicted molar refractivity (Wildman–Crippen MR) is 96.3 cm³/mol. The summed E-state index contributed by atoms with van der Waals surface area (Å²) in [5.41, 5.74) is -0.472. The van der Waals surface area contributed by atoms with Crippen molar-refractivity contribution in [2.45, 2.75) is 19.4 Å². The number of carboxylic acid groups (broad SMARTS) is 1. The summed E-state index contributed by atoms with van der Waals surface area (Å²) in [6, 6.07) is 14.5. The van der Waals surface area contributed by atoms with Gasteiger partial charge in [-0.15, -0.1) is 3.94 Å². The van der Waals surface area contributed by atoms with Crippen LogP contribution < -0.4 is 9.64 Å². The van der Waals surface area contributed by atoms with E-state index in [1.165, 1.54) is 24.8 Å². The van der Waals surface area contributed by atoms with Crippen molar-refractivity contribution in [1.29, 1.82) is 0 Å². The zero-order valence-corrected chi connectivity index (χ0v) is 15.0. The molecule has 0 saturated carbocycles. The van der Waals surface area contributed by atoms with Crippen molar-refractivity contribution in [3.63, 3.8) is 0 Å². The largest absolute Gasteiger partial charge is 0.478 e. The van der Waals surface area contributed by atoms with Crippen LogP contribution >= 0.6 is 23.6 Å². The molecule has 1 N–H and O–H groups in total. The number of carbonyl (C=O) groups excluding carboxylic acids is 1. The lowest BCUT2D eigenvalue weighted by Gasteiger charge is -2.26. The maximum Gasteiger partial charge on any atom is 0.359 e. The van der Waals surface area contributed by atoms with Crippen molar-refractivity contribution < 1.29 is 19.4 Å². The Bertz CT molecular complexity index is 766. The van der Waals surface area contributed by atoms with Crippen molar-refractivity contribution in [2.75, 3.05) is 4.90 Å². The summed E-state index contributed by atoms with van der Waals surface area (Å²) in [5.74, 6) is -0.823. The molecule has 25 heavy (non-hydrogen) atoms. The van der Waals surface area contributed by atoms with Crippen molar-refractivity contribution in [1.82, 2.24) is 3.94 Å². The number of hydrogen-bond acceptors (Lipinski definition) is 3. The van der Waals surface area contributed by atoms with Gasteiger partial charge in [0.05, 0.1) is 11.4 Å². The van der Waals surface area contributed by atoms with Gasteiger partial charge in [0.2, 0.25) is 0 Å². The minimum absolute atomic E-state index is 0.286. The van der Waals surface area contributed by atoms with E-state index in [2.05, 4.69) is 0 Å². The van der Waals surface area contributed by atoms with E-state index in [4.69, 9.17) is 28.3 Å². The quantitative estimate of drug-likeness (QED) is 0.754. The number of para-hydroxylation sites is 1. The third-order valence-electron chi connectivity index (χ3n) is 3.31. The summed E-state index contributed by atoms with van der Waals surface area (Å²) < 4.78 is 5.93. The molecule has 2 rings (SSSR count). The molecule has 6 nitrogen and oxygen atoms in total. The first kappa shape index (κ1) is 18.9. The van der Waals surface area contributed by atoms with Gasteiger partial charge in [-0.25, -0.2) is 9.59 Å². The fourth-order valence-electron chi connectivity index (χ4n) is 2.05. The Morgan fingerprint density at radius 1 is 1.00 bits per heavy atom. The summed E-state index contributed by atoms with van der Waals surface area (Å²) in [5, 5.41) is 9.19. The van der Waals surface area contributed by atoms with Gasteiger partial charge in [0.1, 0.15) is 5.75 Å². The van der Waals surface area contributed by atoms with Crippen molar-refractivity contribution >= 4 is 46.9 Å². The van der Waals surface area contributed by atoms with E-state index < -0.39 is 17.6 Å². The van der Waals surface area contributed by atoms with Crippen LogP contribution in [0.3, 0.4) is 0 Å². The van der Waals surface area contributed by atoms with Crippen LogP contribution in [0.4, 0.5) is 16.2 Å². The van der Waals surface area contributed by atoms with Gasteiger partial charge in [0, 0.05) is 29.6 Å². The highest BCUT2D eigenvalue weighted by atomic mass is 35.5. The molecule has 0 atom stereocenters. The SMILES string of the molecule is CC(C)(Oc1cccc(N(C(=O)N(Cl)Cl)c2ccccc2)c1)C(=O)O. The molecule has 0 aliphatic heterocycles. The standard InChI is InChI=1S/C17H16Cl2N2O4/c1-17(2,15(22)23)25-14-10-6-9-13(11-14)20(16(24)21(18)19)12-7-4-3-5-8-12/h3-11H,1-2H3,(H,22,23). The van der Waals surface area contributed by atoms with E-state index >= 15 is 0 Å². The molecule has 0 bridgehead atoms. The van der Waals surface area contributed by atoms with Gasteiger partial charge in [0.25, 0.3) is 0 Å². The monoisotopic (exact) mass is 382 g/mol. The first-order valence-corrected chi connectivity index (χ1v) is 7.93. The normalized spacial score (nSPS) is 10.9. The minimum Gasteiger partial charge on any atom is -0.478 e. The van der Waals surface area contributed by atoms with Crippen molar-refractivity contribution in [3.05, 3.63) is 54.6 Å². The molecule has 0 heterocycles. The molecule has 0 aliphatic rings. The van der Waals surface area contributed by atoms with E-state index in [9.17, 15) is 14.7 Å². The number of halogens is 2. The molecule has 0 aliphatic carbocycles. The van der Waals surface area contributed by atoms with E-state index in [0.29, 0.717) is 15.3 Å². The van der Waals surface area contributed by atoms with E-state index in [0.717, 1.165) is 0 Å². The second kappa shape index (κ2) is 7.63. The Morgan fingerprint density at radius 2 is 1.60 bits per heavy atom. The number of aliphatic carboxylic acids is 1. The van der Waals surface area contributed by atoms with Crippen LogP contribution in [0.1, 0.15) is 13.8 Å². The molecule has 2 aromatic rings. The number of carboxylic acids is 1.